The SMILES string of the molecule is CCOc1ccc(Br)c(Cc2c[nH]c3ccccc23)c1. The topological polar surface area (TPSA) is 25.0 Å². The number of hydrogen-bond acceptors (Lipinski definition) is 1. The standard InChI is InChI=1S/C17H16BrNO/c1-2-20-14-7-8-16(18)12(10-14)9-13-11-19-17-6-4-3-5-15(13)17/h3-8,10-11,19H,2,9H2,1H3. The van der Waals surface area contributed by atoms with E-state index < -0.39 is 0 Å². The summed E-state index contributed by atoms with van der Waals surface area (Å²) < 4.78 is 6.70. The summed E-state index contributed by atoms with van der Waals surface area (Å²) in [4.78, 5) is 3.32. The van der Waals surface area contributed by atoms with Gasteiger partial charge in [-0.2, -0.15) is 0 Å². The molecule has 0 fully saturated rings. The Morgan fingerprint density at radius 1 is 1.10 bits per heavy atom. The molecule has 0 unspecified atom stereocenters. The molecule has 0 saturated heterocycles. The van der Waals surface area contributed by atoms with Crippen molar-refractivity contribution in [3.63, 3.8) is 0 Å². The fraction of sp³-hybridized carbons (Fsp3) is 0.176. The molecule has 0 radical (unpaired) electrons. The van der Waals surface area contributed by atoms with Crippen molar-refractivity contribution in [2.75, 3.05) is 6.61 Å². The van der Waals surface area contributed by atoms with Gasteiger partial charge in [0.25, 0.3) is 0 Å². The van der Waals surface area contributed by atoms with Crippen molar-refractivity contribution in [2.45, 2.75) is 13.3 Å². The van der Waals surface area contributed by atoms with Gasteiger partial charge in [-0.3, -0.25) is 0 Å². The van der Waals surface area contributed by atoms with Gasteiger partial charge < -0.3 is 9.72 Å². The molecule has 3 heteroatoms. The number of para-hydroxylation sites is 1. The molecule has 3 aromatic rings. The molecule has 1 N–H and O–H groups in total. The van der Waals surface area contributed by atoms with Crippen molar-refractivity contribution in [3.05, 3.63) is 64.3 Å². The fourth-order valence-electron chi connectivity index (χ4n) is 2.43. The minimum absolute atomic E-state index is 0.689. The maximum Gasteiger partial charge on any atom is 0.119 e. The lowest BCUT2D eigenvalue weighted by molar-refractivity contribution is 0.340. The number of nitrogens with one attached hydrogen (secondary N) is 1. The second-order valence-electron chi connectivity index (χ2n) is 4.72. The summed E-state index contributed by atoms with van der Waals surface area (Å²) in [6.45, 7) is 2.69. The molecule has 0 aliphatic rings. The van der Waals surface area contributed by atoms with Crippen molar-refractivity contribution in [1.29, 1.82) is 0 Å². The van der Waals surface area contributed by atoms with Crippen LogP contribution >= 0.6 is 15.9 Å². The molecule has 1 heterocycles. The van der Waals surface area contributed by atoms with Crippen molar-refractivity contribution in [2.24, 2.45) is 0 Å². The summed E-state index contributed by atoms with van der Waals surface area (Å²) in [6, 6.07) is 14.5. The van der Waals surface area contributed by atoms with Gasteiger partial charge in [-0.25, -0.2) is 0 Å². The van der Waals surface area contributed by atoms with E-state index in [0.717, 1.165) is 16.6 Å². The van der Waals surface area contributed by atoms with Gasteiger partial charge in [-0.15, -0.1) is 0 Å². The Bertz CT molecular complexity index is 733. The Morgan fingerprint density at radius 2 is 1.95 bits per heavy atom. The third kappa shape index (κ3) is 2.59. The van der Waals surface area contributed by atoms with E-state index >= 15 is 0 Å². The van der Waals surface area contributed by atoms with Crippen LogP contribution in [0.25, 0.3) is 10.9 Å². The first kappa shape index (κ1) is 13.3. The van der Waals surface area contributed by atoms with E-state index in [9.17, 15) is 0 Å². The summed E-state index contributed by atoms with van der Waals surface area (Å²) >= 11 is 3.63. The number of aromatic nitrogens is 1. The normalized spacial score (nSPS) is 10.9. The monoisotopic (exact) mass is 329 g/mol. The number of hydrogen-bond donors (Lipinski definition) is 1. The average Bonchev–Trinajstić information content (AvgIpc) is 2.86. The lowest BCUT2D eigenvalue weighted by Crippen LogP contribution is -1.94. The number of ether oxygens (including phenoxy) is 1. The van der Waals surface area contributed by atoms with Gasteiger partial charge >= 0.3 is 0 Å². The van der Waals surface area contributed by atoms with Crippen molar-refractivity contribution in [3.8, 4) is 5.75 Å². The van der Waals surface area contributed by atoms with E-state index in [1.54, 1.807) is 0 Å². The average molecular weight is 330 g/mol. The highest BCUT2D eigenvalue weighted by molar-refractivity contribution is 9.10. The second kappa shape index (κ2) is 5.71. The Morgan fingerprint density at radius 3 is 2.80 bits per heavy atom. The summed E-state index contributed by atoms with van der Waals surface area (Å²) in [5, 5.41) is 1.28. The zero-order valence-electron chi connectivity index (χ0n) is 11.3. The molecule has 0 saturated carbocycles. The van der Waals surface area contributed by atoms with Crippen LogP contribution in [0.5, 0.6) is 5.75 Å². The molecule has 3 rings (SSSR count). The van der Waals surface area contributed by atoms with Gasteiger partial charge in [0.2, 0.25) is 0 Å². The molecular weight excluding hydrogens is 314 g/mol. The van der Waals surface area contributed by atoms with Crippen molar-refractivity contribution < 1.29 is 4.74 Å². The van der Waals surface area contributed by atoms with Gasteiger partial charge in [0, 0.05) is 28.0 Å². The third-order valence-corrected chi connectivity index (χ3v) is 4.16. The number of halogens is 1. The number of H-pyrrole nitrogens is 1. The highest BCUT2D eigenvalue weighted by Gasteiger charge is 2.08. The first-order chi connectivity index (χ1) is 9.78. The highest BCUT2D eigenvalue weighted by atomic mass is 79.9. The Balaban J connectivity index is 1.96. The molecule has 2 aromatic carbocycles. The molecule has 0 spiro atoms. The minimum Gasteiger partial charge on any atom is -0.494 e. The van der Waals surface area contributed by atoms with Crippen molar-refractivity contribution in [1.82, 2.24) is 4.98 Å². The Labute approximate surface area is 126 Å². The van der Waals surface area contributed by atoms with Crippen molar-refractivity contribution >= 4 is 26.8 Å². The molecule has 20 heavy (non-hydrogen) atoms. The predicted octanol–water partition coefficient (Wildman–Crippen LogP) is 4.92. The molecule has 0 aliphatic heterocycles. The van der Waals surface area contributed by atoms with E-state index in [2.05, 4.69) is 57.4 Å². The fourth-order valence-corrected chi connectivity index (χ4v) is 2.81. The summed E-state index contributed by atoms with van der Waals surface area (Å²) in [5.41, 5.74) is 3.72. The number of benzene rings is 2. The van der Waals surface area contributed by atoms with Gasteiger partial charge in [0.15, 0.2) is 0 Å². The third-order valence-electron chi connectivity index (χ3n) is 3.38. The van der Waals surface area contributed by atoms with Crippen LogP contribution in [0.15, 0.2) is 53.1 Å². The lowest BCUT2D eigenvalue weighted by Gasteiger charge is -2.08. The van der Waals surface area contributed by atoms with Crippen LogP contribution in [0.1, 0.15) is 18.1 Å². The molecule has 2 nitrogen and oxygen atoms in total. The molecule has 1 aromatic heterocycles. The van der Waals surface area contributed by atoms with E-state index in [-0.39, 0.29) is 0 Å². The molecule has 0 amide bonds. The van der Waals surface area contributed by atoms with E-state index in [4.69, 9.17) is 4.74 Å². The molecule has 102 valence electrons. The van der Waals surface area contributed by atoms with Gasteiger partial charge in [-0.1, -0.05) is 34.1 Å². The van der Waals surface area contributed by atoms with Crippen LogP contribution in [0, 0.1) is 0 Å². The van der Waals surface area contributed by atoms with Gasteiger partial charge in [-0.05, 0) is 42.3 Å². The highest BCUT2D eigenvalue weighted by Crippen LogP contribution is 2.27. The van der Waals surface area contributed by atoms with Gasteiger partial charge in [0.1, 0.15) is 5.75 Å². The van der Waals surface area contributed by atoms with Crippen LogP contribution in [0.2, 0.25) is 0 Å². The summed E-state index contributed by atoms with van der Waals surface area (Å²) in [6.07, 6.45) is 2.97. The predicted molar refractivity (Wildman–Crippen MR) is 86.4 cm³/mol. The maximum atomic E-state index is 5.58. The van der Waals surface area contributed by atoms with Crippen LogP contribution < -0.4 is 4.74 Å². The van der Waals surface area contributed by atoms with Crippen LogP contribution in [-0.4, -0.2) is 11.6 Å². The van der Waals surface area contributed by atoms with E-state index in [0.29, 0.717) is 6.61 Å². The zero-order chi connectivity index (χ0) is 13.9. The molecule has 0 atom stereocenters. The Hall–Kier alpha value is -1.74. The lowest BCUT2D eigenvalue weighted by atomic mass is 10.0. The van der Waals surface area contributed by atoms with E-state index in [1.807, 2.05) is 19.1 Å². The van der Waals surface area contributed by atoms with Crippen LogP contribution in [-0.2, 0) is 6.42 Å². The van der Waals surface area contributed by atoms with Gasteiger partial charge in [0.05, 0.1) is 6.61 Å². The van der Waals surface area contributed by atoms with Crippen LogP contribution in [0.4, 0.5) is 0 Å². The van der Waals surface area contributed by atoms with E-state index in [1.165, 1.54) is 22.0 Å². The second-order valence-corrected chi connectivity index (χ2v) is 5.58. The smallest absolute Gasteiger partial charge is 0.119 e. The maximum absolute atomic E-state index is 5.58. The molecule has 0 bridgehead atoms. The number of aromatic amines is 1. The Kier molecular flexibility index (Phi) is 3.79. The number of rotatable bonds is 4. The first-order valence-corrected chi connectivity index (χ1v) is 7.53. The largest absolute Gasteiger partial charge is 0.494 e. The zero-order valence-corrected chi connectivity index (χ0v) is 12.9. The first-order valence-electron chi connectivity index (χ1n) is 6.74. The molecule has 0 aliphatic carbocycles. The summed E-state index contributed by atoms with van der Waals surface area (Å²) in [7, 11) is 0. The van der Waals surface area contributed by atoms with Crippen LogP contribution in [0.3, 0.4) is 0 Å². The number of fused-ring (bicyclic) bond motifs is 1. The summed E-state index contributed by atoms with van der Waals surface area (Å²) in [5.74, 6) is 0.922. The minimum atomic E-state index is 0.689. The quantitative estimate of drug-likeness (QED) is 0.722. The molecular formula is C17H16BrNO.